The van der Waals surface area contributed by atoms with Gasteiger partial charge in [0.05, 0.1) is 16.4 Å². The van der Waals surface area contributed by atoms with Gasteiger partial charge in [-0.15, -0.1) is 0 Å². The fourth-order valence-electron chi connectivity index (χ4n) is 1.07. The van der Waals surface area contributed by atoms with Crippen LogP contribution in [0.3, 0.4) is 0 Å². The maximum Gasteiger partial charge on any atom is 0.0763 e. The molecule has 1 aromatic carbocycles. The molecule has 0 radical (unpaired) electrons. The van der Waals surface area contributed by atoms with Crippen LogP contribution in [0.2, 0.25) is 5.02 Å². The molecule has 0 aliphatic carbocycles. The summed E-state index contributed by atoms with van der Waals surface area (Å²) >= 11 is 5.95. The van der Waals surface area contributed by atoms with Gasteiger partial charge in [0, 0.05) is 13.2 Å². The Hall–Kier alpha value is -0.930. The largest absolute Gasteiger partial charge is 0.397 e. The second-order valence-electron chi connectivity index (χ2n) is 3.37. The number of halogens is 1. The minimum atomic E-state index is 0.150. The number of para-hydroxylation sites is 1. The molecular weight excluding hydrogens is 200 g/mol. The average Bonchev–Trinajstić information content (AvgIpc) is 2.16. The average molecular weight is 215 g/mol. The molecule has 0 aliphatic rings. The monoisotopic (exact) mass is 214 g/mol. The van der Waals surface area contributed by atoms with Crippen molar-refractivity contribution in [3.05, 3.63) is 23.2 Å². The first kappa shape index (κ1) is 11.1. The molecule has 0 aromatic heterocycles. The first-order valence-corrected chi connectivity index (χ1v) is 4.91. The van der Waals surface area contributed by atoms with E-state index in [0.717, 1.165) is 5.69 Å². The van der Waals surface area contributed by atoms with Crippen molar-refractivity contribution in [3.63, 3.8) is 0 Å². The summed E-state index contributed by atoms with van der Waals surface area (Å²) in [6.45, 7) is 2.75. The first-order chi connectivity index (χ1) is 6.65. The number of anilines is 2. The van der Waals surface area contributed by atoms with Crippen LogP contribution in [-0.4, -0.2) is 18.3 Å². The highest BCUT2D eigenvalue weighted by Crippen LogP contribution is 2.27. The number of rotatable bonds is 4. The fourth-order valence-corrected chi connectivity index (χ4v) is 1.32. The molecule has 3 nitrogen and oxygen atoms in total. The number of hydrogen-bond acceptors (Lipinski definition) is 3. The summed E-state index contributed by atoms with van der Waals surface area (Å²) in [5.41, 5.74) is 7.11. The molecular formula is C10H15ClN2O. The molecule has 1 unspecified atom stereocenters. The Morgan fingerprint density at radius 3 is 2.86 bits per heavy atom. The quantitative estimate of drug-likeness (QED) is 0.672. The Kier molecular flexibility index (Phi) is 4.04. The Morgan fingerprint density at radius 1 is 1.57 bits per heavy atom. The zero-order valence-electron chi connectivity index (χ0n) is 8.13. The normalized spacial score (nSPS) is 12.5. The van der Waals surface area contributed by atoms with Gasteiger partial charge in [0.25, 0.3) is 0 Å². The van der Waals surface area contributed by atoms with E-state index in [1.807, 2.05) is 6.92 Å². The van der Waals surface area contributed by atoms with Crippen LogP contribution in [0.4, 0.5) is 11.4 Å². The Balaban J connectivity index is 2.66. The highest BCUT2D eigenvalue weighted by molar-refractivity contribution is 6.33. The number of benzene rings is 1. The number of nitrogens with two attached hydrogens (primary N) is 1. The molecule has 0 spiro atoms. The van der Waals surface area contributed by atoms with E-state index in [0.29, 0.717) is 17.3 Å². The molecule has 4 N–H and O–H groups in total. The number of nitrogens with one attached hydrogen (secondary N) is 1. The van der Waals surface area contributed by atoms with Gasteiger partial charge in [-0.1, -0.05) is 24.6 Å². The summed E-state index contributed by atoms with van der Waals surface area (Å²) in [7, 11) is 0. The lowest BCUT2D eigenvalue weighted by Gasteiger charge is -2.13. The van der Waals surface area contributed by atoms with E-state index >= 15 is 0 Å². The van der Waals surface area contributed by atoms with Crippen LogP contribution in [-0.2, 0) is 0 Å². The molecule has 0 fully saturated rings. The predicted molar refractivity (Wildman–Crippen MR) is 60.6 cm³/mol. The summed E-state index contributed by atoms with van der Waals surface area (Å²) in [6, 6.07) is 5.38. The van der Waals surface area contributed by atoms with E-state index < -0.39 is 0 Å². The summed E-state index contributed by atoms with van der Waals surface area (Å²) in [6.07, 6.45) is 0. The molecule has 0 amide bonds. The van der Waals surface area contributed by atoms with Crippen LogP contribution in [0.25, 0.3) is 0 Å². The minimum absolute atomic E-state index is 0.150. The maximum absolute atomic E-state index is 8.85. The van der Waals surface area contributed by atoms with Gasteiger partial charge in [0.15, 0.2) is 0 Å². The Labute approximate surface area is 88.9 Å². The molecule has 0 saturated carbocycles. The van der Waals surface area contributed by atoms with Crippen molar-refractivity contribution in [2.75, 3.05) is 24.2 Å². The van der Waals surface area contributed by atoms with Crippen LogP contribution in [0.1, 0.15) is 6.92 Å². The summed E-state index contributed by atoms with van der Waals surface area (Å²) in [5, 5.41) is 12.6. The van der Waals surface area contributed by atoms with E-state index in [-0.39, 0.29) is 12.5 Å². The van der Waals surface area contributed by atoms with Crippen LogP contribution in [0.15, 0.2) is 18.2 Å². The summed E-state index contributed by atoms with van der Waals surface area (Å²) in [5.74, 6) is 0.186. The van der Waals surface area contributed by atoms with Crippen molar-refractivity contribution in [3.8, 4) is 0 Å². The van der Waals surface area contributed by atoms with Gasteiger partial charge in [-0.25, -0.2) is 0 Å². The topological polar surface area (TPSA) is 58.3 Å². The molecule has 0 saturated heterocycles. The predicted octanol–water partition coefficient (Wildman–Crippen LogP) is 1.96. The number of aliphatic hydroxyl groups is 1. The van der Waals surface area contributed by atoms with Crippen molar-refractivity contribution in [1.82, 2.24) is 0 Å². The van der Waals surface area contributed by atoms with Gasteiger partial charge in [-0.05, 0) is 18.1 Å². The molecule has 1 atom stereocenters. The van der Waals surface area contributed by atoms with E-state index in [2.05, 4.69) is 5.32 Å². The Morgan fingerprint density at radius 2 is 2.29 bits per heavy atom. The smallest absolute Gasteiger partial charge is 0.0763 e. The van der Waals surface area contributed by atoms with Crippen molar-refractivity contribution < 1.29 is 5.11 Å². The van der Waals surface area contributed by atoms with E-state index in [1.54, 1.807) is 18.2 Å². The number of nitrogen functional groups attached to an aromatic ring is 1. The van der Waals surface area contributed by atoms with Gasteiger partial charge in [0.1, 0.15) is 0 Å². The van der Waals surface area contributed by atoms with Crippen LogP contribution in [0.5, 0.6) is 0 Å². The second-order valence-corrected chi connectivity index (χ2v) is 3.78. The molecule has 1 aromatic rings. The van der Waals surface area contributed by atoms with E-state index in [4.69, 9.17) is 22.4 Å². The highest BCUT2D eigenvalue weighted by atomic mass is 35.5. The molecule has 0 bridgehead atoms. The van der Waals surface area contributed by atoms with Gasteiger partial charge in [0.2, 0.25) is 0 Å². The fraction of sp³-hybridized carbons (Fsp3) is 0.400. The third-order valence-electron chi connectivity index (χ3n) is 1.98. The molecule has 0 heterocycles. The van der Waals surface area contributed by atoms with Gasteiger partial charge >= 0.3 is 0 Å². The lowest BCUT2D eigenvalue weighted by Crippen LogP contribution is -2.15. The first-order valence-electron chi connectivity index (χ1n) is 4.54. The lowest BCUT2D eigenvalue weighted by atomic mass is 10.2. The molecule has 0 aliphatic heterocycles. The van der Waals surface area contributed by atoms with Crippen LogP contribution >= 0.6 is 11.6 Å². The van der Waals surface area contributed by atoms with Gasteiger partial charge < -0.3 is 16.2 Å². The summed E-state index contributed by atoms with van der Waals surface area (Å²) in [4.78, 5) is 0. The third-order valence-corrected chi connectivity index (χ3v) is 2.30. The summed E-state index contributed by atoms with van der Waals surface area (Å²) < 4.78 is 0. The Bertz CT molecular complexity index is 284. The number of hydrogen-bond donors (Lipinski definition) is 3. The molecule has 78 valence electrons. The molecule has 4 heteroatoms. The second kappa shape index (κ2) is 5.08. The highest BCUT2D eigenvalue weighted by Gasteiger charge is 2.05. The van der Waals surface area contributed by atoms with E-state index in [9.17, 15) is 0 Å². The van der Waals surface area contributed by atoms with Crippen LogP contribution < -0.4 is 11.1 Å². The lowest BCUT2D eigenvalue weighted by molar-refractivity contribution is 0.244. The van der Waals surface area contributed by atoms with Gasteiger partial charge in [-0.2, -0.15) is 0 Å². The van der Waals surface area contributed by atoms with Gasteiger partial charge in [-0.3, -0.25) is 0 Å². The zero-order valence-corrected chi connectivity index (χ0v) is 8.88. The van der Waals surface area contributed by atoms with E-state index in [1.165, 1.54) is 0 Å². The molecule has 14 heavy (non-hydrogen) atoms. The van der Waals surface area contributed by atoms with Crippen molar-refractivity contribution in [2.24, 2.45) is 5.92 Å². The third kappa shape index (κ3) is 2.79. The number of aliphatic hydroxyl groups excluding tert-OH is 1. The van der Waals surface area contributed by atoms with Crippen molar-refractivity contribution in [1.29, 1.82) is 0 Å². The molecule has 1 rings (SSSR count). The maximum atomic E-state index is 8.85. The standard InChI is InChI=1S/C10H15ClN2O/c1-7(6-14)5-13-10-8(11)3-2-4-9(10)12/h2-4,7,13-14H,5-6,12H2,1H3. The van der Waals surface area contributed by atoms with Crippen LogP contribution in [0, 0.1) is 5.92 Å². The van der Waals surface area contributed by atoms with Crippen molar-refractivity contribution in [2.45, 2.75) is 6.92 Å². The van der Waals surface area contributed by atoms with Crippen molar-refractivity contribution >= 4 is 23.0 Å². The minimum Gasteiger partial charge on any atom is -0.397 e. The zero-order chi connectivity index (χ0) is 10.6. The SMILES string of the molecule is CC(CO)CNc1c(N)cccc1Cl.